The first-order valence-electron chi connectivity index (χ1n) is 13.7. The van der Waals surface area contributed by atoms with Crippen LogP contribution in [0.3, 0.4) is 0 Å². The Kier molecular flexibility index (Phi) is 10.3. The van der Waals surface area contributed by atoms with E-state index in [2.05, 4.69) is 164 Å². The molecule has 0 amide bonds. The maximum Gasteiger partial charge on any atom is 0.0793 e. The smallest absolute Gasteiger partial charge is 0.0793 e. The predicted molar refractivity (Wildman–Crippen MR) is 188 cm³/mol. The molecule has 0 saturated carbocycles. The molecule has 0 saturated heterocycles. The van der Waals surface area contributed by atoms with Crippen LogP contribution >= 0.6 is 34.9 Å². The van der Waals surface area contributed by atoms with E-state index in [1.54, 1.807) is 0 Å². The van der Waals surface area contributed by atoms with E-state index in [0.29, 0.717) is 0 Å². The molecule has 0 unspecified atom stereocenters. The van der Waals surface area contributed by atoms with Gasteiger partial charge in [0.1, 0.15) is 0 Å². The zero-order chi connectivity index (χ0) is 29.4. The third-order valence-electron chi connectivity index (χ3n) is 7.17. The molecule has 43 heavy (non-hydrogen) atoms. The van der Waals surface area contributed by atoms with E-state index < -0.39 is 15.8 Å². The van der Waals surface area contributed by atoms with E-state index in [-0.39, 0.29) is 15.9 Å². The third-order valence-corrected chi connectivity index (χ3v) is 12.1. The number of aromatic nitrogens is 1. The van der Waals surface area contributed by atoms with Gasteiger partial charge in [-0.15, -0.1) is 0 Å². The van der Waals surface area contributed by atoms with Crippen LogP contribution in [-0.4, -0.2) is 4.98 Å². The summed E-state index contributed by atoms with van der Waals surface area (Å²) >= 11 is -0.106. The predicted octanol–water partition coefficient (Wildman–Crippen LogP) is 8.28. The first-order valence-corrected chi connectivity index (χ1v) is 20.4. The molecule has 0 radical (unpaired) electrons. The van der Waals surface area contributed by atoms with Crippen molar-refractivity contribution < 1.29 is 15.9 Å². The van der Waals surface area contributed by atoms with E-state index in [4.69, 9.17) is 24.0 Å². The molecule has 7 aromatic rings. The van der Waals surface area contributed by atoms with Crippen molar-refractivity contribution in [2.24, 2.45) is 0 Å². The van der Waals surface area contributed by atoms with Gasteiger partial charge in [-0.3, -0.25) is 0 Å². The van der Waals surface area contributed by atoms with Crippen molar-refractivity contribution in [1.82, 2.24) is 4.98 Å². The number of hydrogen-bond donors (Lipinski definition) is 0. The minimum absolute atomic E-state index is 0.106. The fourth-order valence-electron chi connectivity index (χ4n) is 5.38. The summed E-state index contributed by atoms with van der Waals surface area (Å²) in [5, 5.41) is 10.3. The molecule has 0 aliphatic carbocycles. The Hall–Kier alpha value is -2.91. The average molecular weight is 725 g/mol. The summed E-state index contributed by atoms with van der Waals surface area (Å²) in [7, 11) is 8.09. The van der Waals surface area contributed by atoms with Crippen LogP contribution in [0.2, 0.25) is 0 Å². The number of benzene rings is 6. The molecule has 6 heteroatoms. The second kappa shape index (κ2) is 14.7. The molecule has 1 aromatic heterocycles. The van der Waals surface area contributed by atoms with Crippen LogP contribution in [0.15, 0.2) is 164 Å². The van der Waals surface area contributed by atoms with Gasteiger partial charge in [-0.25, -0.2) is 4.98 Å². The second-order valence-corrected chi connectivity index (χ2v) is 16.5. The fraction of sp³-hybridized carbons (Fsp3) is 0. The van der Waals surface area contributed by atoms with Crippen LogP contribution in [-0.2, 0) is 15.9 Å². The van der Waals surface area contributed by atoms with Crippen molar-refractivity contribution >= 4 is 88.5 Å². The summed E-state index contributed by atoms with van der Waals surface area (Å²) in [6.45, 7) is 0. The van der Waals surface area contributed by atoms with E-state index in [1.807, 2.05) is 0 Å². The molecule has 7 rings (SSSR count). The molecule has 0 fully saturated rings. The van der Waals surface area contributed by atoms with Gasteiger partial charge < -0.3 is 0 Å². The standard InChI is InChI=1S/C37H27NP2.2ClH.Pd/c1-5-17-30(18-6-1)39(31-19-7-2-8-20-31)34-25-13-15-28-27-29-16-14-26-35(37(29)38-36(28)34)40(32-21-9-3-10-22-32)33-23-11-4-12-24-33;;;/h1-27H;2*1H;/q;;;+2/p-2. The Morgan fingerprint density at radius 1 is 0.395 bits per heavy atom. The van der Waals surface area contributed by atoms with Gasteiger partial charge in [-0.2, -0.15) is 0 Å². The number of para-hydroxylation sites is 2. The summed E-state index contributed by atoms with van der Waals surface area (Å²) in [6, 6.07) is 59.3. The van der Waals surface area contributed by atoms with E-state index in [0.717, 1.165) is 11.0 Å². The SMILES string of the molecule is [Cl][Pd][Cl].c1ccc(P(c2ccccc2)c2cccc3cc4cccc(P(c5ccccc5)c5ccccc5)c4nc23)cc1. The average Bonchev–Trinajstić information content (AvgIpc) is 3.07. The summed E-state index contributed by atoms with van der Waals surface area (Å²) in [4.78, 5) is 5.55. The van der Waals surface area contributed by atoms with E-state index >= 15 is 0 Å². The Labute approximate surface area is 271 Å². The largest absolute Gasteiger partial charge is 0.246 e. The molecule has 0 spiro atoms. The van der Waals surface area contributed by atoms with Crippen LogP contribution in [0.25, 0.3) is 21.8 Å². The molecule has 0 aliphatic heterocycles. The maximum absolute atomic E-state index is 5.55. The molecule has 0 aliphatic rings. The van der Waals surface area contributed by atoms with E-state index in [1.165, 1.54) is 42.6 Å². The molecule has 0 atom stereocenters. The molecule has 0 N–H and O–H groups in total. The van der Waals surface area contributed by atoms with Crippen molar-refractivity contribution in [2.75, 3.05) is 0 Å². The molecule has 1 nitrogen and oxygen atoms in total. The Morgan fingerprint density at radius 2 is 0.698 bits per heavy atom. The minimum Gasteiger partial charge on any atom is -0.246 e. The van der Waals surface area contributed by atoms with Crippen molar-refractivity contribution in [3.8, 4) is 0 Å². The molecular weight excluding hydrogens is 698 g/mol. The molecule has 214 valence electrons. The maximum atomic E-state index is 5.55. The summed E-state index contributed by atoms with van der Waals surface area (Å²) in [6.07, 6.45) is 0. The van der Waals surface area contributed by atoms with Crippen molar-refractivity contribution in [3.63, 3.8) is 0 Å². The van der Waals surface area contributed by atoms with Gasteiger partial charge in [0.05, 0.1) is 11.0 Å². The van der Waals surface area contributed by atoms with Gasteiger partial charge in [-0.1, -0.05) is 158 Å². The molecule has 6 aromatic carbocycles. The number of pyridine rings is 1. The van der Waals surface area contributed by atoms with Crippen LogP contribution in [0.1, 0.15) is 0 Å². The Bertz CT molecular complexity index is 1710. The summed E-state index contributed by atoms with van der Waals surface area (Å²) in [5.74, 6) is 0. The quantitative estimate of drug-likeness (QED) is 0.0957. The van der Waals surface area contributed by atoms with E-state index in [9.17, 15) is 0 Å². The van der Waals surface area contributed by atoms with Gasteiger partial charge in [-0.05, 0) is 43.1 Å². The number of hydrogen-bond acceptors (Lipinski definition) is 1. The number of halogens is 2. The topological polar surface area (TPSA) is 12.9 Å². The first-order chi connectivity index (χ1) is 21.3. The zero-order valence-electron chi connectivity index (χ0n) is 23.0. The van der Waals surface area contributed by atoms with Gasteiger partial charge in [0, 0.05) is 21.4 Å². The molecule has 0 bridgehead atoms. The van der Waals surface area contributed by atoms with Crippen molar-refractivity contribution in [1.29, 1.82) is 0 Å². The number of nitrogens with zero attached hydrogens (tertiary/aromatic N) is 1. The number of rotatable bonds is 6. The van der Waals surface area contributed by atoms with Crippen LogP contribution < -0.4 is 31.8 Å². The Balaban J connectivity index is 0.00000105. The van der Waals surface area contributed by atoms with Gasteiger partial charge in [0.25, 0.3) is 0 Å². The normalized spacial score (nSPS) is 11.2. The van der Waals surface area contributed by atoms with Gasteiger partial charge in [0.2, 0.25) is 0 Å². The van der Waals surface area contributed by atoms with Gasteiger partial charge in [0.15, 0.2) is 0 Å². The molecular formula is C37H27Cl2NP2Pd. The van der Waals surface area contributed by atoms with Crippen LogP contribution in [0, 0.1) is 0 Å². The zero-order valence-corrected chi connectivity index (χ0v) is 27.9. The van der Waals surface area contributed by atoms with Gasteiger partial charge >= 0.3 is 35.0 Å². The van der Waals surface area contributed by atoms with Crippen molar-refractivity contribution in [2.45, 2.75) is 0 Å². The second-order valence-electron chi connectivity index (χ2n) is 9.74. The fourth-order valence-corrected chi connectivity index (χ4v) is 10.2. The minimum atomic E-state index is -0.771. The monoisotopic (exact) mass is 723 g/mol. The number of fused-ring (bicyclic) bond motifs is 2. The third kappa shape index (κ3) is 6.78. The van der Waals surface area contributed by atoms with Crippen LogP contribution in [0.4, 0.5) is 0 Å². The van der Waals surface area contributed by atoms with Crippen LogP contribution in [0.5, 0.6) is 0 Å². The first kappa shape index (κ1) is 30.1. The summed E-state index contributed by atoms with van der Waals surface area (Å²) < 4.78 is 0. The molecule has 1 heterocycles. The van der Waals surface area contributed by atoms with Crippen molar-refractivity contribution in [3.05, 3.63) is 164 Å². The summed E-state index contributed by atoms with van der Waals surface area (Å²) in [5.41, 5.74) is 2.19. The Morgan fingerprint density at radius 3 is 1.00 bits per heavy atom.